The Bertz CT molecular complexity index is 845. The number of nitrogens with one attached hydrogen (secondary N) is 3. The van der Waals surface area contributed by atoms with Gasteiger partial charge in [-0.05, 0) is 42.8 Å². The van der Waals surface area contributed by atoms with Crippen molar-refractivity contribution >= 4 is 35.0 Å². The summed E-state index contributed by atoms with van der Waals surface area (Å²) in [7, 11) is 1.65. The van der Waals surface area contributed by atoms with Crippen molar-refractivity contribution < 1.29 is 9.18 Å². The number of benzene rings is 1. The van der Waals surface area contributed by atoms with Crippen LogP contribution in [0.2, 0.25) is 5.02 Å². The van der Waals surface area contributed by atoms with Crippen molar-refractivity contribution in [1.29, 1.82) is 0 Å². The van der Waals surface area contributed by atoms with Crippen LogP contribution in [0.3, 0.4) is 0 Å². The number of hydrogen-bond donors (Lipinski definition) is 3. The topological polar surface area (TPSA) is 81.6 Å². The second-order valence-corrected chi connectivity index (χ2v) is 6.77. The third-order valence-corrected chi connectivity index (χ3v) is 4.63. The van der Waals surface area contributed by atoms with Crippen LogP contribution >= 0.6 is 11.6 Å². The first-order chi connectivity index (χ1) is 13.5. The summed E-state index contributed by atoms with van der Waals surface area (Å²) in [5.41, 5.74) is 0.537. The number of nitrogens with zero attached hydrogens (tertiary/aromatic N) is 3. The van der Waals surface area contributed by atoms with Crippen LogP contribution in [0.1, 0.15) is 6.42 Å². The number of aliphatic imine (C=N–C) groups is 1. The van der Waals surface area contributed by atoms with Crippen LogP contribution in [0.15, 0.2) is 47.6 Å². The van der Waals surface area contributed by atoms with E-state index >= 15 is 0 Å². The molecule has 0 aliphatic carbocycles. The molecule has 1 aliphatic heterocycles. The normalized spacial score (nSPS) is 16.8. The van der Waals surface area contributed by atoms with Gasteiger partial charge in [0.05, 0.1) is 11.6 Å². The Labute approximate surface area is 168 Å². The highest BCUT2D eigenvalue weighted by Crippen LogP contribution is 2.25. The lowest BCUT2D eigenvalue weighted by atomic mass is 10.3. The van der Waals surface area contributed by atoms with Gasteiger partial charge in [0.25, 0.3) is 0 Å². The molecule has 1 saturated heterocycles. The molecule has 1 aromatic carbocycles. The number of amides is 1. The Morgan fingerprint density at radius 2 is 2.14 bits per heavy atom. The van der Waals surface area contributed by atoms with Gasteiger partial charge in [0, 0.05) is 38.1 Å². The molecule has 1 atom stereocenters. The van der Waals surface area contributed by atoms with Crippen molar-refractivity contribution in [3.63, 3.8) is 0 Å². The van der Waals surface area contributed by atoms with Gasteiger partial charge in [0.15, 0.2) is 5.96 Å². The number of rotatable bonds is 5. The summed E-state index contributed by atoms with van der Waals surface area (Å²) in [6, 6.07) is 9.40. The number of halogens is 2. The van der Waals surface area contributed by atoms with E-state index in [9.17, 15) is 9.18 Å². The highest BCUT2D eigenvalue weighted by molar-refractivity contribution is 6.32. The SMILES string of the molecule is CN=C(NCC(=O)Nc1ccc(F)cc1)NC1CCN(c2ncccc2Cl)C1. The predicted molar refractivity (Wildman–Crippen MR) is 109 cm³/mol. The van der Waals surface area contributed by atoms with Crippen molar-refractivity contribution in [2.75, 3.05) is 36.9 Å². The van der Waals surface area contributed by atoms with E-state index in [1.54, 1.807) is 19.3 Å². The summed E-state index contributed by atoms with van der Waals surface area (Å²) in [5.74, 6) is 0.713. The van der Waals surface area contributed by atoms with Crippen molar-refractivity contribution in [1.82, 2.24) is 15.6 Å². The number of carbonyl (C=O) groups excluding carboxylic acids is 1. The molecule has 1 amide bonds. The Morgan fingerprint density at radius 1 is 1.36 bits per heavy atom. The summed E-state index contributed by atoms with van der Waals surface area (Å²) < 4.78 is 12.9. The van der Waals surface area contributed by atoms with Crippen molar-refractivity contribution in [2.24, 2.45) is 4.99 Å². The predicted octanol–water partition coefficient (Wildman–Crippen LogP) is 2.26. The van der Waals surface area contributed by atoms with Gasteiger partial charge in [0.2, 0.25) is 5.91 Å². The summed E-state index contributed by atoms with van der Waals surface area (Å²) >= 11 is 6.22. The molecule has 1 aliphatic rings. The summed E-state index contributed by atoms with van der Waals surface area (Å²) in [4.78, 5) is 22.7. The van der Waals surface area contributed by atoms with E-state index in [1.807, 2.05) is 6.07 Å². The largest absolute Gasteiger partial charge is 0.353 e. The van der Waals surface area contributed by atoms with Gasteiger partial charge >= 0.3 is 0 Å². The zero-order valence-corrected chi connectivity index (χ0v) is 16.2. The average molecular weight is 405 g/mol. The quantitative estimate of drug-likeness (QED) is 0.526. The van der Waals surface area contributed by atoms with E-state index < -0.39 is 0 Å². The molecule has 28 heavy (non-hydrogen) atoms. The Hall–Kier alpha value is -2.87. The lowest BCUT2D eigenvalue weighted by Gasteiger charge is -2.20. The highest BCUT2D eigenvalue weighted by Gasteiger charge is 2.25. The molecule has 148 valence electrons. The summed E-state index contributed by atoms with van der Waals surface area (Å²) in [6.45, 7) is 1.61. The monoisotopic (exact) mass is 404 g/mol. The molecule has 9 heteroatoms. The molecule has 1 fully saturated rings. The number of aromatic nitrogens is 1. The highest BCUT2D eigenvalue weighted by atomic mass is 35.5. The molecular formula is C19H22ClFN6O. The Morgan fingerprint density at radius 3 is 2.86 bits per heavy atom. The number of anilines is 2. The van der Waals surface area contributed by atoms with Gasteiger partial charge in [0.1, 0.15) is 11.6 Å². The fourth-order valence-electron chi connectivity index (χ4n) is 2.97. The maximum absolute atomic E-state index is 12.9. The Balaban J connectivity index is 1.46. The van der Waals surface area contributed by atoms with Crippen molar-refractivity contribution in [2.45, 2.75) is 12.5 Å². The molecular weight excluding hydrogens is 383 g/mol. The van der Waals surface area contributed by atoms with E-state index in [4.69, 9.17) is 11.6 Å². The van der Waals surface area contributed by atoms with Crippen LogP contribution in [-0.2, 0) is 4.79 Å². The third-order valence-electron chi connectivity index (χ3n) is 4.34. The van der Waals surface area contributed by atoms with Gasteiger partial charge in [-0.2, -0.15) is 0 Å². The Kier molecular flexibility index (Phi) is 6.65. The minimum Gasteiger partial charge on any atom is -0.353 e. The molecule has 0 spiro atoms. The fourth-order valence-corrected chi connectivity index (χ4v) is 3.21. The lowest BCUT2D eigenvalue weighted by Crippen LogP contribution is -2.46. The molecule has 2 heterocycles. The van der Waals surface area contributed by atoms with E-state index in [0.29, 0.717) is 16.7 Å². The second-order valence-electron chi connectivity index (χ2n) is 6.37. The number of pyridine rings is 1. The van der Waals surface area contributed by atoms with Gasteiger partial charge in [-0.3, -0.25) is 9.79 Å². The van der Waals surface area contributed by atoms with E-state index in [2.05, 4.69) is 30.8 Å². The molecule has 2 aromatic rings. The number of carbonyl (C=O) groups is 1. The first kappa shape index (κ1) is 19.9. The average Bonchev–Trinajstić information content (AvgIpc) is 3.15. The molecule has 1 aromatic heterocycles. The van der Waals surface area contributed by atoms with Crippen LogP contribution in [0, 0.1) is 5.82 Å². The molecule has 3 N–H and O–H groups in total. The zero-order valence-electron chi connectivity index (χ0n) is 15.5. The summed E-state index contributed by atoms with van der Waals surface area (Å²) in [6.07, 6.45) is 2.62. The molecule has 1 unspecified atom stereocenters. The third kappa shape index (κ3) is 5.32. The van der Waals surface area contributed by atoms with Crippen LogP contribution < -0.4 is 20.9 Å². The van der Waals surface area contributed by atoms with E-state index in [-0.39, 0.29) is 24.3 Å². The second kappa shape index (κ2) is 9.36. The molecule has 0 bridgehead atoms. The smallest absolute Gasteiger partial charge is 0.243 e. The zero-order chi connectivity index (χ0) is 19.9. The first-order valence-corrected chi connectivity index (χ1v) is 9.31. The number of guanidine groups is 1. The maximum atomic E-state index is 12.9. The van der Waals surface area contributed by atoms with E-state index in [1.165, 1.54) is 24.3 Å². The lowest BCUT2D eigenvalue weighted by molar-refractivity contribution is -0.115. The van der Waals surface area contributed by atoms with Crippen LogP contribution in [-0.4, -0.2) is 49.6 Å². The van der Waals surface area contributed by atoms with Gasteiger partial charge in [-0.25, -0.2) is 9.37 Å². The van der Waals surface area contributed by atoms with E-state index in [0.717, 1.165) is 25.3 Å². The molecule has 0 saturated carbocycles. The fraction of sp³-hybridized carbons (Fsp3) is 0.316. The standard InChI is InChI=1S/C19H22ClFN6O/c1-22-19(24-11-17(28)25-14-6-4-13(21)5-7-14)26-15-8-10-27(12-15)18-16(20)3-2-9-23-18/h2-7,9,15H,8,10-12H2,1H3,(H,25,28)(H2,22,24,26). The minimum absolute atomic E-state index is 0.0412. The van der Waals surface area contributed by atoms with Gasteiger partial charge in [-0.1, -0.05) is 11.6 Å². The van der Waals surface area contributed by atoms with Crippen molar-refractivity contribution in [3.8, 4) is 0 Å². The molecule has 7 nitrogen and oxygen atoms in total. The first-order valence-electron chi connectivity index (χ1n) is 8.93. The number of hydrogen-bond acceptors (Lipinski definition) is 4. The van der Waals surface area contributed by atoms with Crippen LogP contribution in [0.5, 0.6) is 0 Å². The van der Waals surface area contributed by atoms with Gasteiger partial charge in [-0.15, -0.1) is 0 Å². The van der Waals surface area contributed by atoms with Crippen LogP contribution in [0.4, 0.5) is 15.9 Å². The minimum atomic E-state index is -0.349. The summed E-state index contributed by atoms with van der Waals surface area (Å²) in [5, 5.41) is 9.62. The van der Waals surface area contributed by atoms with Gasteiger partial charge < -0.3 is 20.9 Å². The molecule has 0 radical (unpaired) electrons. The molecule has 3 rings (SSSR count). The maximum Gasteiger partial charge on any atom is 0.243 e. The van der Waals surface area contributed by atoms with Crippen molar-refractivity contribution in [3.05, 3.63) is 53.4 Å². The van der Waals surface area contributed by atoms with Crippen LogP contribution in [0.25, 0.3) is 0 Å².